The number of halogens is 2. The van der Waals surface area contributed by atoms with E-state index < -0.39 is 5.97 Å². The lowest BCUT2D eigenvalue weighted by molar-refractivity contribution is -0.138. The molecule has 1 saturated carbocycles. The number of carboxylic acids is 1. The van der Waals surface area contributed by atoms with Crippen LogP contribution in [-0.4, -0.2) is 22.8 Å². The summed E-state index contributed by atoms with van der Waals surface area (Å²) in [5.74, 6) is -0.804. The molecule has 0 aliphatic heterocycles. The molecule has 0 saturated heterocycles. The van der Waals surface area contributed by atoms with Gasteiger partial charge in [0.25, 0.3) is 0 Å². The number of aryl methyl sites for hydroxylation is 2. The Balaban J connectivity index is 0.000000278. The van der Waals surface area contributed by atoms with Gasteiger partial charge in [-0.05, 0) is 76.9 Å². The summed E-state index contributed by atoms with van der Waals surface area (Å²) in [6, 6.07) is 17.2. The van der Waals surface area contributed by atoms with Gasteiger partial charge in [-0.1, -0.05) is 58.4 Å². The molecule has 2 aromatic rings. The molecule has 1 fully saturated rings. The second kappa shape index (κ2) is 13.0. The third-order valence-corrected chi connectivity index (χ3v) is 6.93. The van der Waals surface area contributed by atoms with E-state index >= 15 is 0 Å². The Labute approximate surface area is 195 Å². The van der Waals surface area contributed by atoms with E-state index in [0.717, 1.165) is 32.3 Å². The first-order valence-electron chi connectivity index (χ1n) is 9.59. The van der Waals surface area contributed by atoms with Crippen molar-refractivity contribution in [3.05, 3.63) is 69.7 Å². The molecule has 0 spiro atoms. The van der Waals surface area contributed by atoms with Gasteiger partial charge >= 0.3 is 5.97 Å². The van der Waals surface area contributed by atoms with Crippen molar-refractivity contribution in [2.45, 2.75) is 45.1 Å². The number of hydrogen-bond donors (Lipinski definition) is 2. The number of rotatable bonds is 10. The predicted octanol–water partition coefficient (Wildman–Crippen LogP) is 6.32. The lowest BCUT2D eigenvalue weighted by atomic mass is 10.0. The van der Waals surface area contributed by atoms with Gasteiger partial charge < -0.3 is 14.7 Å². The van der Waals surface area contributed by atoms with Crippen LogP contribution in [0.5, 0.6) is 0 Å². The summed E-state index contributed by atoms with van der Waals surface area (Å²) in [4.78, 5) is 10.1. The van der Waals surface area contributed by atoms with Crippen molar-refractivity contribution in [3.8, 4) is 0 Å². The van der Waals surface area contributed by atoms with Crippen molar-refractivity contribution in [1.82, 2.24) is 0 Å². The zero-order valence-electron chi connectivity index (χ0n) is 16.2. The first-order valence-corrected chi connectivity index (χ1v) is 14.4. The van der Waals surface area contributed by atoms with Crippen molar-refractivity contribution >= 4 is 50.4 Å². The molecule has 3 rings (SSSR count). The highest BCUT2D eigenvalue weighted by Gasteiger charge is 2.43. The first-order chi connectivity index (χ1) is 14.0. The molecule has 1 atom stereocenters. The summed E-state index contributed by atoms with van der Waals surface area (Å²) in [5, 5.41) is 17.0. The van der Waals surface area contributed by atoms with Crippen LogP contribution in [0.15, 0.2) is 53.0 Å². The Kier molecular flexibility index (Phi) is 11.1. The van der Waals surface area contributed by atoms with Gasteiger partial charge in [-0.25, -0.2) is 0 Å². The highest BCUT2D eigenvalue weighted by molar-refractivity contribution is 14.2. The van der Waals surface area contributed by atoms with E-state index in [1.807, 2.05) is 0 Å². The molecule has 2 N–H and O–H groups in total. The van der Waals surface area contributed by atoms with E-state index in [4.69, 9.17) is 14.7 Å². The van der Waals surface area contributed by atoms with E-state index in [9.17, 15) is 4.79 Å². The second-order valence-electron chi connectivity index (χ2n) is 7.36. The minimum atomic E-state index is -0.804. The van der Waals surface area contributed by atoms with Gasteiger partial charge in [-0.15, -0.1) is 0 Å². The maximum absolute atomic E-state index is 10.1. The second-order valence-corrected chi connectivity index (χ2v) is 9.98. The summed E-state index contributed by atoms with van der Waals surface area (Å²) >= 11 is 5.86. The molecular formula is C22H27BrIO4P. The smallest absolute Gasteiger partial charge is 0.303 e. The quantitative estimate of drug-likeness (QED) is 0.250. The number of carboxylic acid groups (broad SMARTS) is 1. The Morgan fingerprint density at radius 3 is 2.45 bits per heavy atom. The molecule has 4 nitrogen and oxygen atoms in total. The fourth-order valence-electron chi connectivity index (χ4n) is 3.06. The van der Waals surface area contributed by atoms with Gasteiger partial charge in [-0.2, -0.15) is 0 Å². The van der Waals surface area contributed by atoms with Crippen LogP contribution >= 0.6 is 44.4 Å². The van der Waals surface area contributed by atoms with Crippen LogP contribution in [0.4, 0.5) is 0 Å². The average molecular weight is 593 g/mol. The van der Waals surface area contributed by atoms with Crippen LogP contribution in [0.2, 0.25) is 0 Å². The fourth-order valence-corrected chi connectivity index (χ4v) is 4.23. The maximum atomic E-state index is 10.1. The molecular weight excluding hydrogens is 566 g/mol. The largest absolute Gasteiger partial charge is 0.481 e. The summed E-state index contributed by atoms with van der Waals surface area (Å²) in [6.45, 7) is 1.27. The summed E-state index contributed by atoms with van der Waals surface area (Å²) in [7, 11) is 0. The lowest BCUT2D eigenvalue weighted by Gasteiger charge is -2.06. The van der Waals surface area contributed by atoms with Crippen LogP contribution in [0.25, 0.3) is 0 Å². The third-order valence-electron chi connectivity index (χ3n) is 4.97. The number of aliphatic hydroxyl groups is 1. The normalized spacial score (nSPS) is 14.4. The summed E-state index contributed by atoms with van der Waals surface area (Å²) < 4.78 is 6.69. The monoisotopic (exact) mass is 592 g/mol. The van der Waals surface area contributed by atoms with E-state index in [1.54, 1.807) is 0 Å². The predicted molar refractivity (Wildman–Crippen MR) is 131 cm³/mol. The molecule has 0 aromatic heterocycles. The number of aliphatic hydroxyl groups excluding tert-OH is 1. The van der Waals surface area contributed by atoms with Crippen molar-refractivity contribution in [1.29, 1.82) is 0 Å². The lowest BCUT2D eigenvalue weighted by Crippen LogP contribution is -2.12. The first kappa shape index (κ1) is 24.7. The van der Waals surface area contributed by atoms with E-state index in [0.29, 0.717) is 6.45 Å². The average Bonchev–Trinajstić information content (AvgIpc) is 3.48. The Morgan fingerprint density at radius 2 is 1.86 bits per heavy atom. The standard InChI is InChI=1S/C16H17BrIOP.C6H10O3/c17-16-10-2-1-8-15(16)9-4-6-13-5-3-7-14(11-13)12-19-20-18;7-4-6(1-2-6)3-5(8)9/h1-3,5,7-8,10-11,20H,4,6,9,12H2;7H,1-4H2,(H,8,9). The Morgan fingerprint density at radius 1 is 1.14 bits per heavy atom. The summed E-state index contributed by atoms with van der Waals surface area (Å²) in [5.41, 5.74) is 3.83. The molecule has 0 radical (unpaired) electrons. The van der Waals surface area contributed by atoms with Crippen LogP contribution in [0.3, 0.4) is 0 Å². The maximum Gasteiger partial charge on any atom is 0.303 e. The van der Waals surface area contributed by atoms with Crippen LogP contribution in [0.1, 0.15) is 42.4 Å². The van der Waals surface area contributed by atoms with Crippen LogP contribution in [-0.2, 0) is 28.8 Å². The van der Waals surface area contributed by atoms with Gasteiger partial charge in [0.15, 0.2) is 0 Å². The molecule has 1 aliphatic carbocycles. The minimum Gasteiger partial charge on any atom is -0.481 e. The minimum absolute atomic E-state index is 0.0271. The van der Waals surface area contributed by atoms with Crippen molar-refractivity contribution in [3.63, 3.8) is 0 Å². The highest BCUT2D eigenvalue weighted by Crippen LogP contribution is 2.48. The molecule has 0 heterocycles. The number of hydrogen-bond acceptors (Lipinski definition) is 3. The van der Waals surface area contributed by atoms with Gasteiger partial charge in [0.05, 0.1) is 19.5 Å². The van der Waals surface area contributed by atoms with Gasteiger partial charge in [0.2, 0.25) is 0 Å². The molecule has 0 bridgehead atoms. The van der Waals surface area contributed by atoms with E-state index in [2.05, 4.69) is 86.5 Å². The van der Waals surface area contributed by atoms with Gasteiger partial charge in [0, 0.05) is 16.5 Å². The Hall–Kier alpha value is -0.530. The van der Waals surface area contributed by atoms with Gasteiger partial charge in [0.1, 0.15) is 0 Å². The fraction of sp³-hybridized carbons (Fsp3) is 0.409. The molecule has 29 heavy (non-hydrogen) atoms. The molecule has 158 valence electrons. The Bertz CT molecular complexity index is 783. The van der Waals surface area contributed by atoms with Crippen molar-refractivity contribution < 1.29 is 19.5 Å². The van der Waals surface area contributed by atoms with E-state index in [1.165, 1.54) is 27.6 Å². The zero-order valence-corrected chi connectivity index (χ0v) is 21.0. The molecule has 1 unspecified atom stereocenters. The van der Waals surface area contributed by atoms with Gasteiger partial charge in [-0.3, -0.25) is 4.79 Å². The SMILES string of the molecule is Brc1ccccc1CCCc1cccc(COPI)c1.O=C(O)CC1(CO)CC1. The number of benzene rings is 2. The number of carbonyl (C=O) groups is 1. The van der Waals surface area contributed by atoms with E-state index in [-0.39, 0.29) is 18.4 Å². The van der Waals surface area contributed by atoms with Crippen LogP contribution < -0.4 is 0 Å². The molecule has 1 aliphatic rings. The molecule has 0 amide bonds. The highest BCUT2D eigenvalue weighted by atomic mass is 127. The van der Waals surface area contributed by atoms with Crippen molar-refractivity contribution in [2.75, 3.05) is 6.61 Å². The summed E-state index contributed by atoms with van der Waals surface area (Å²) in [6.07, 6.45) is 5.26. The topological polar surface area (TPSA) is 66.8 Å². The molecule has 2 aromatic carbocycles. The third kappa shape index (κ3) is 9.43. The molecule has 7 heteroatoms. The van der Waals surface area contributed by atoms with Crippen LogP contribution in [0, 0.1) is 5.41 Å². The number of aliphatic carboxylic acids is 1. The van der Waals surface area contributed by atoms with Crippen molar-refractivity contribution in [2.24, 2.45) is 5.41 Å². The zero-order chi connectivity index (χ0) is 21.1.